The Morgan fingerprint density at radius 2 is 1.45 bits per heavy atom. The highest BCUT2D eigenvalue weighted by molar-refractivity contribution is 5.81. The molecule has 0 unspecified atom stereocenters. The lowest BCUT2D eigenvalue weighted by Gasteiger charge is -2.38. The molecule has 0 atom stereocenters. The predicted octanol–water partition coefficient (Wildman–Crippen LogP) is 3.20. The third-order valence-electron chi connectivity index (χ3n) is 7.08. The minimum Gasteiger partial charge on any atom is -0.353 e. The summed E-state index contributed by atoms with van der Waals surface area (Å²) in [5, 5.41) is 3.24. The van der Waals surface area contributed by atoms with Gasteiger partial charge in [0, 0.05) is 50.6 Å². The van der Waals surface area contributed by atoms with Crippen molar-refractivity contribution in [2.75, 3.05) is 26.2 Å². The molecule has 29 heavy (non-hydrogen) atoms. The lowest BCUT2D eigenvalue weighted by Crippen LogP contribution is -2.50. The smallest absolute Gasteiger partial charge is 0.225 e. The van der Waals surface area contributed by atoms with Gasteiger partial charge in [-0.3, -0.25) is 14.5 Å². The number of rotatable bonds is 5. The van der Waals surface area contributed by atoms with E-state index in [-0.39, 0.29) is 17.7 Å². The van der Waals surface area contributed by atoms with Crippen LogP contribution in [0, 0.1) is 11.8 Å². The first-order valence-corrected chi connectivity index (χ1v) is 11.5. The number of piperazine rings is 1. The molecule has 2 aliphatic carbocycles. The van der Waals surface area contributed by atoms with Crippen molar-refractivity contribution in [3.63, 3.8) is 0 Å². The van der Waals surface area contributed by atoms with Crippen molar-refractivity contribution in [3.05, 3.63) is 35.9 Å². The summed E-state index contributed by atoms with van der Waals surface area (Å²) in [5.74, 6) is 0.782. The molecule has 0 bridgehead atoms. The second kappa shape index (κ2) is 9.75. The van der Waals surface area contributed by atoms with E-state index in [0.29, 0.717) is 11.9 Å². The van der Waals surface area contributed by atoms with Crippen LogP contribution < -0.4 is 5.32 Å². The molecule has 158 valence electrons. The second-order valence-electron chi connectivity index (χ2n) is 9.13. The van der Waals surface area contributed by atoms with Crippen LogP contribution in [0.15, 0.2) is 30.3 Å². The first-order chi connectivity index (χ1) is 14.2. The lowest BCUT2D eigenvalue weighted by molar-refractivity contribution is -0.140. The zero-order valence-electron chi connectivity index (χ0n) is 17.5. The van der Waals surface area contributed by atoms with Crippen molar-refractivity contribution >= 4 is 11.8 Å². The number of hydrogen-bond acceptors (Lipinski definition) is 3. The molecule has 1 saturated heterocycles. The largest absolute Gasteiger partial charge is 0.353 e. The maximum Gasteiger partial charge on any atom is 0.225 e. The van der Waals surface area contributed by atoms with Crippen molar-refractivity contribution < 1.29 is 9.59 Å². The first-order valence-electron chi connectivity index (χ1n) is 11.5. The van der Waals surface area contributed by atoms with Crippen LogP contribution in [0.4, 0.5) is 0 Å². The van der Waals surface area contributed by atoms with Crippen molar-refractivity contribution in [2.45, 2.75) is 64.0 Å². The normalized spacial score (nSPS) is 26.4. The summed E-state index contributed by atoms with van der Waals surface area (Å²) in [6.45, 7) is 4.51. The molecule has 0 radical (unpaired) electrons. The van der Waals surface area contributed by atoms with Gasteiger partial charge in [0.05, 0.1) is 0 Å². The molecule has 2 amide bonds. The minimum atomic E-state index is 0.113. The van der Waals surface area contributed by atoms with Gasteiger partial charge < -0.3 is 10.2 Å². The average Bonchev–Trinajstić information content (AvgIpc) is 3.28. The van der Waals surface area contributed by atoms with Gasteiger partial charge in [0.1, 0.15) is 0 Å². The van der Waals surface area contributed by atoms with Crippen LogP contribution >= 0.6 is 0 Å². The van der Waals surface area contributed by atoms with Gasteiger partial charge in [-0.1, -0.05) is 43.2 Å². The number of hydrogen-bond donors (Lipinski definition) is 1. The summed E-state index contributed by atoms with van der Waals surface area (Å²) >= 11 is 0. The van der Waals surface area contributed by atoms with Crippen LogP contribution in [0.1, 0.15) is 56.9 Å². The minimum absolute atomic E-state index is 0.113. The van der Waals surface area contributed by atoms with Gasteiger partial charge in [0.15, 0.2) is 0 Å². The van der Waals surface area contributed by atoms with Gasteiger partial charge in [-0.05, 0) is 44.1 Å². The zero-order valence-corrected chi connectivity index (χ0v) is 17.5. The summed E-state index contributed by atoms with van der Waals surface area (Å²) in [5.41, 5.74) is 1.33. The second-order valence-corrected chi connectivity index (χ2v) is 9.13. The molecule has 2 saturated carbocycles. The maximum absolute atomic E-state index is 13.0. The molecule has 1 aromatic carbocycles. The highest BCUT2D eigenvalue weighted by Crippen LogP contribution is 2.31. The topological polar surface area (TPSA) is 52.7 Å². The number of carbonyl (C=O) groups is 2. The van der Waals surface area contributed by atoms with E-state index in [1.54, 1.807) is 0 Å². The van der Waals surface area contributed by atoms with Crippen LogP contribution in [0.25, 0.3) is 0 Å². The van der Waals surface area contributed by atoms with E-state index in [0.717, 1.165) is 71.2 Å². The molecule has 3 fully saturated rings. The molecule has 1 heterocycles. The number of benzene rings is 1. The molecule has 5 nitrogen and oxygen atoms in total. The van der Waals surface area contributed by atoms with Crippen LogP contribution in [0.5, 0.6) is 0 Å². The summed E-state index contributed by atoms with van der Waals surface area (Å²) < 4.78 is 0. The Bertz CT molecular complexity index is 671. The standard InChI is InChI=1S/C24H35N3O2/c28-23(25-22-8-4-5-9-22)20-10-12-21(13-11-20)24(29)27-16-14-26(15-17-27)18-19-6-2-1-3-7-19/h1-3,6-7,20-22H,4-5,8-18H2,(H,25,28). The molecular weight excluding hydrogens is 362 g/mol. The molecule has 0 aromatic heterocycles. The van der Waals surface area contributed by atoms with Crippen LogP contribution in [0.3, 0.4) is 0 Å². The Morgan fingerprint density at radius 1 is 0.828 bits per heavy atom. The summed E-state index contributed by atoms with van der Waals surface area (Å²) in [7, 11) is 0. The summed E-state index contributed by atoms with van der Waals surface area (Å²) in [6.07, 6.45) is 8.21. The molecule has 4 rings (SSSR count). The van der Waals surface area contributed by atoms with Gasteiger partial charge in [-0.15, -0.1) is 0 Å². The Kier molecular flexibility index (Phi) is 6.86. The fourth-order valence-electron chi connectivity index (χ4n) is 5.22. The maximum atomic E-state index is 13.0. The third kappa shape index (κ3) is 5.39. The Labute approximate surface area is 174 Å². The lowest BCUT2D eigenvalue weighted by atomic mass is 9.80. The fourth-order valence-corrected chi connectivity index (χ4v) is 5.22. The monoisotopic (exact) mass is 397 g/mol. The van der Waals surface area contributed by atoms with E-state index in [1.165, 1.54) is 18.4 Å². The highest BCUT2D eigenvalue weighted by atomic mass is 16.2. The summed E-state index contributed by atoms with van der Waals surface area (Å²) in [4.78, 5) is 30.0. The molecule has 1 aliphatic heterocycles. The Hall–Kier alpha value is -1.88. The molecule has 0 spiro atoms. The number of nitrogens with one attached hydrogen (secondary N) is 1. The molecule has 1 aromatic rings. The van der Waals surface area contributed by atoms with Gasteiger partial charge in [-0.25, -0.2) is 0 Å². The predicted molar refractivity (Wildman–Crippen MR) is 114 cm³/mol. The molecular formula is C24H35N3O2. The molecule has 5 heteroatoms. The van der Waals surface area contributed by atoms with Crippen LogP contribution in [-0.4, -0.2) is 53.8 Å². The van der Waals surface area contributed by atoms with Crippen LogP contribution in [0.2, 0.25) is 0 Å². The number of nitrogens with zero attached hydrogens (tertiary/aromatic N) is 2. The molecule has 1 N–H and O–H groups in total. The van der Waals surface area contributed by atoms with Crippen molar-refractivity contribution in [1.29, 1.82) is 0 Å². The van der Waals surface area contributed by atoms with E-state index in [4.69, 9.17) is 0 Å². The fraction of sp³-hybridized carbons (Fsp3) is 0.667. The zero-order chi connectivity index (χ0) is 20.1. The van der Waals surface area contributed by atoms with Gasteiger partial charge in [-0.2, -0.15) is 0 Å². The first kappa shape index (κ1) is 20.4. The van der Waals surface area contributed by atoms with Gasteiger partial charge >= 0.3 is 0 Å². The van der Waals surface area contributed by atoms with Gasteiger partial charge in [0.25, 0.3) is 0 Å². The number of carbonyl (C=O) groups excluding carboxylic acids is 2. The van der Waals surface area contributed by atoms with Crippen molar-refractivity contribution in [1.82, 2.24) is 15.1 Å². The Balaban J connectivity index is 1.18. The van der Waals surface area contributed by atoms with E-state index in [2.05, 4.69) is 39.4 Å². The Morgan fingerprint density at radius 3 is 2.10 bits per heavy atom. The number of amides is 2. The average molecular weight is 398 g/mol. The van der Waals surface area contributed by atoms with E-state index >= 15 is 0 Å². The van der Waals surface area contributed by atoms with E-state index in [1.807, 2.05) is 6.07 Å². The molecule has 3 aliphatic rings. The third-order valence-corrected chi connectivity index (χ3v) is 7.08. The van der Waals surface area contributed by atoms with Crippen molar-refractivity contribution in [2.24, 2.45) is 11.8 Å². The van der Waals surface area contributed by atoms with E-state index < -0.39 is 0 Å². The summed E-state index contributed by atoms with van der Waals surface area (Å²) in [6, 6.07) is 10.9. The highest BCUT2D eigenvalue weighted by Gasteiger charge is 2.34. The quantitative estimate of drug-likeness (QED) is 0.830. The van der Waals surface area contributed by atoms with Crippen LogP contribution in [-0.2, 0) is 16.1 Å². The van der Waals surface area contributed by atoms with Gasteiger partial charge in [0.2, 0.25) is 11.8 Å². The van der Waals surface area contributed by atoms with Crippen molar-refractivity contribution in [3.8, 4) is 0 Å². The SMILES string of the molecule is O=C(NC1CCCC1)C1CCC(C(=O)N2CCN(Cc3ccccc3)CC2)CC1. The van der Waals surface area contributed by atoms with E-state index in [9.17, 15) is 9.59 Å².